The summed E-state index contributed by atoms with van der Waals surface area (Å²) in [6.07, 6.45) is 4.79. The molecule has 2 aromatic rings. The Balaban J connectivity index is 2.16. The number of carbonyl (C=O) groups is 1. The van der Waals surface area contributed by atoms with Crippen molar-refractivity contribution in [1.82, 2.24) is 9.97 Å². The van der Waals surface area contributed by atoms with Gasteiger partial charge in [0.1, 0.15) is 15.5 Å². The molecule has 0 N–H and O–H groups in total. The Morgan fingerprint density at radius 2 is 1.91 bits per heavy atom. The molecule has 1 fully saturated rings. The van der Waals surface area contributed by atoms with Crippen LogP contribution < -0.4 is 4.90 Å². The molecule has 0 unspecified atom stereocenters. The molecule has 22 heavy (non-hydrogen) atoms. The molecule has 2 aromatic heterocycles. The minimum absolute atomic E-state index is 0.226. The number of hydrogen-bond acceptors (Lipinski definition) is 6. The fourth-order valence-electron chi connectivity index (χ4n) is 2.89. The molecule has 0 bridgehead atoms. The van der Waals surface area contributed by atoms with Crippen molar-refractivity contribution >= 4 is 44.9 Å². The van der Waals surface area contributed by atoms with E-state index >= 15 is 0 Å². The fourth-order valence-corrected chi connectivity index (χ4v) is 4.20. The van der Waals surface area contributed by atoms with Crippen LogP contribution in [-0.4, -0.2) is 36.1 Å². The van der Waals surface area contributed by atoms with Crippen LogP contribution in [0.5, 0.6) is 0 Å². The van der Waals surface area contributed by atoms with Crippen molar-refractivity contribution in [3.63, 3.8) is 0 Å². The maximum Gasteiger partial charge on any atom is 0.348 e. The van der Waals surface area contributed by atoms with Crippen molar-refractivity contribution in [2.45, 2.75) is 32.6 Å². The van der Waals surface area contributed by atoms with Crippen molar-refractivity contribution in [3.8, 4) is 0 Å². The van der Waals surface area contributed by atoms with Crippen molar-refractivity contribution < 1.29 is 9.53 Å². The normalized spacial score (nSPS) is 15.9. The number of halogens is 1. The van der Waals surface area contributed by atoms with Crippen molar-refractivity contribution in [2.75, 3.05) is 25.1 Å². The van der Waals surface area contributed by atoms with E-state index in [2.05, 4.69) is 14.9 Å². The number of aromatic nitrogens is 2. The number of aryl methyl sites for hydroxylation is 1. The first-order chi connectivity index (χ1) is 10.6. The van der Waals surface area contributed by atoms with Gasteiger partial charge >= 0.3 is 5.97 Å². The minimum atomic E-state index is -0.335. The Bertz CT molecular complexity index is 708. The van der Waals surface area contributed by atoms with Gasteiger partial charge in [-0.25, -0.2) is 9.78 Å². The van der Waals surface area contributed by atoms with Gasteiger partial charge in [0.05, 0.1) is 12.5 Å². The van der Waals surface area contributed by atoms with Crippen LogP contribution in [-0.2, 0) is 4.74 Å². The number of nitrogens with zero attached hydrogens (tertiary/aromatic N) is 3. The molecule has 0 aliphatic carbocycles. The third-order valence-corrected chi connectivity index (χ3v) is 5.35. The van der Waals surface area contributed by atoms with Crippen LogP contribution in [0.3, 0.4) is 0 Å². The summed E-state index contributed by atoms with van der Waals surface area (Å²) in [7, 11) is 1.39. The van der Waals surface area contributed by atoms with Crippen LogP contribution in [0.2, 0.25) is 5.28 Å². The summed E-state index contributed by atoms with van der Waals surface area (Å²) < 4.78 is 4.86. The lowest BCUT2D eigenvalue weighted by Crippen LogP contribution is -2.25. The Morgan fingerprint density at radius 3 is 2.55 bits per heavy atom. The number of fused-ring (bicyclic) bond motifs is 1. The predicted octanol–water partition coefficient (Wildman–Crippen LogP) is 3.82. The number of methoxy groups -OCH3 is 1. The van der Waals surface area contributed by atoms with E-state index in [4.69, 9.17) is 16.3 Å². The van der Waals surface area contributed by atoms with E-state index in [0.717, 1.165) is 47.5 Å². The van der Waals surface area contributed by atoms with Gasteiger partial charge in [0.15, 0.2) is 0 Å². The monoisotopic (exact) mass is 339 g/mol. The quantitative estimate of drug-likeness (QED) is 0.615. The molecule has 3 rings (SSSR count). The van der Waals surface area contributed by atoms with Gasteiger partial charge in [0.2, 0.25) is 5.28 Å². The lowest BCUT2D eigenvalue weighted by molar-refractivity contribution is 0.0605. The van der Waals surface area contributed by atoms with Crippen LogP contribution >= 0.6 is 22.9 Å². The summed E-state index contributed by atoms with van der Waals surface area (Å²) >= 11 is 7.42. The number of thiophene rings is 1. The molecular formula is C15H18ClN3O2S. The highest BCUT2D eigenvalue weighted by Gasteiger charge is 2.23. The minimum Gasteiger partial charge on any atom is -0.465 e. The lowest BCUT2D eigenvalue weighted by atomic mass is 10.2. The van der Waals surface area contributed by atoms with E-state index in [1.165, 1.54) is 31.3 Å². The molecule has 1 aliphatic heterocycles. The number of anilines is 1. The summed E-state index contributed by atoms with van der Waals surface area (Å²) in [5.41, 5.74) is 0.878. The Morgan fingerprint density at radius 1 is 1.23 bits per heavy atom. The van der Waals surface area contributed by atoms with E-state index < -0.39 is 0 Å². The second-order valence-corrected chi connectivity index (χ2v) is 6.78. The number of carbonyl (C=O) groups excluding carboxylic acids is 1. The summed E-state index contributed by atoms with van der Waals surface area (Å²) in [4.78, 5) is 24.3. The maximum absolute atomic E-state index is 11.9. The standard InChI is InChI=1S/C15H18ClN3O2S/c1-9-10-12(19-7-5-3-4-6-8-19)17-15(16)18-13(10)22-11(9)14(20)21-2/h3-8H2,1-2H3. The summed E-state index contributed by atoms with van der Waals surface area (Å²) in [5.74, 6) is 0.513. The molecule has 7 heteroatoms. The van der Waals surface area contributed by atoms with Gasteiger partial charge in [-0.1, -0.05) is 12.8 Å². The SMILES string of the molecule is COC(=O)c1sc2nc(Cl)nc(N3CCCCCC3)c2c1C. The van der Waals surface area contributed by atoms with E-state index in [9.17, 15) is 4.79 Å². The molecule has 0 radical (unpaired) electrons. The van der Waals surface area contributed by atoms with Gasteiger partial charge in [0.25, 0.3) is 0 Å². The average Bonchev–Trinajstić information content (AvgIpc) is 2.70. The highest BCUT2D eigenvalue weighted by molar-refractivity contribution is 7.20. The fraction of sp³-hybridized carbons (Fsp3) is 0.533. The number of rotatable bonds is 2. The van der Waals surface area contributed by atoms with Gasteiger partial charge in [-0.2, -0.15) is 4.98 Å². The zero-order chi connectivity index (χ0) is 15.7. The summed E-state index contributed by atoms with van der Waals surface area (Å²) in [6, 6.07) is 0. The van der Waals surface area contributed by atoms with Gasteiger partial charge in [-0.15, -0.1) is 11.3 Å². The summed E-state index contributed by atoms with van der Waals surface area (Å²) in [6.45, 7) is 3.85. The lowest BCUT2D eigenvalue weighted by Gasteiger charge is -2.22. The zero-order valence-corrected chi connectivity index (χ0v) is 14.3. The van der Waals surface area contributed by atoms with Crippen LogP contribution in [0.1, 0.15) is 40.9 Å². The molecule has 0 saturated carbocycles. The molecular weight excluding hydrogens is 322 g/mol. The largest absolute Gasteiger partial charge is 0.465 e. The van der Waals surface area contributed by atoms with Crippen LogP contribution in [0.25, 0.3) is 10.2 Å². The molecule has 0 atom stereocenters. The van der Waals surface area contributed by atoms with E-state index in [1.54, 1.807) is 0 Å². The number of ether oxygens (including phenoxy) is 1. The zero-order valence-electron chi connectivity index (χ0n) is 12.7. The predicted molar refractivity (Wildman–Crippen MR) is 89.2 cm³/mol. The third kappa shape index (κ3) is 2.77. The van der Waals surface area contributed by atoms with E-state index in [-0.39, 0.29) is 11.3 Å². The second kappa shape index (κ2) is 6.38. The Hall–Kier alpha value is -1.40. The summed E-state index contributed by atoms with van der Waals surface area (Å²) in [5, 5.41) is 1.15. The molecule has 3 heterocycles. The molecule has 1 aliphatic rings. The third-order valence-electron chi connectivity index (χ3n) is 4.02. The van der Waals surface area contributed by atoms with Crippen molar-refractivity contribution in [3.05, 3.63) is 15.7 Å². The molecule has 118 valence electrons. The second-order valence-electron chi connectivity index (χ2n) is 5.45. The first-order valence-corrected chi connectivity index (χ1v) is 8.61. The topological polar surface area (TPSA) is 55.3 Å². The smallest absolute Gasteiger partial charge is 0.348 e. The average molecular weight is 340 g/mol. The number of esters is 1. The van der Waals surface area contributed by atoms with Crippen LogP contribution in [0.4, 0.5) is 5.82 Å². The molecule has 0 spiro atoms. The van der Waals surface area contributed by atoms with Gasteiger partial charge in [-0.3, -0.25) is 0 Å². The van der Waals surface area contributed by atoms with E-state index in [0.29, 0.717) is 4.88 Å². The van der Waals surface area contributed by atoms with Gasteiger partial charge in [0, 0.05) is 13.1 Å². The van der Waals surface area contributed by atoms with Crippen LogP contribution in [0, 0.1) is 6.92 Å². The van der Waals surface area contributed by atoms with Gasteiger partial charge < -0.3 is 9.64 Å². The first-order valence-electron chi connectivity index (χ1n) is 7.41. The Labute approximate surface area is 138 Å². The molecule has 5 nitrogen and oxygen atoms in total. The maximum atomic E-state index is 11.9. The number of hydrogen-bond donors (Lipinski definition) is 0. The molecule has 0 amide bonds. The molecule has 0 aromatic carbocycles. The first kappa shape index (κ1) is 15.5. The van der Waals surface area contributed by atoms with Crippen molar-refractivity contribution in [2.24, 2.45) is 0 Å². The highest BCUT2D eigenvalue weighted by Crippen LogP contribution is 2.37. The Kier molecular flexibility index (Phi) is 4.49. The van der Waals surface area contributed by atoms with E-state index in [1.807, 2.05) is 6.92 Å². The van der Waals surface area contributed by atoms with Crippen molar-refractivity contribution in [1.29, 1.82) is 0 Å². The van der Waals surface area contributed by atoms with Gasteiger partial charge in [-0.05, 0) is 36.9 Å². The highest BCUT2D eigenvalue weighted by atomic mass is 35.5. The molecule has 1 saturated heterocycles. The van der Waals surface area contributed by atoms with Crippen LogP contribution in [0.15, 0.2) is 0 Å².